The molecule has 0 radical (unpaired) electrons. The van der Waals surface area contributed by atoms with Crippen LogP contribution in [-0.2, 0) is 9.53 Å². The van der Waals surface area contributed by atoms with Gasteiger partial charge >= 0.3 is 5.97 Å². The Hall–Kier alpha value is -0.870. The lowest BCUT2D eigenvalue weighted by atomic mass is 10.0. The molecule has 3 atom stereocenters. The molecule has 0 saturated heterocycles. The molecule has 0 aliphatic carbocycles. The van der Waals surface area contributed by atoms with Crippen molar-refractivity contribution < 1.29 is 19.7 Å². The molecule has 0 fully saturated rings. The summed E-state index contributed by atoms with van der Waals surface area (Å²) in [5.41, 5.74) is 0. The van der Waals surface area contributed by atoms with Crippen LogP contribution in [0.25, 0.3) is 0 Å². The third-order valence-corrected chi connectivity index (χ3v) is 2.75. The number of aliphatic hydroxyl groups is 2. The number of hydrogen-bond donors (Lipinski definition) is 2. The molecule has 4 nitrogen and oxygen atoms in total. The number of carbonyl (C=O) groups excluding carboxylic acids is 1. The second-order valence-corrected chi connectivity index (χ2v) is 4.30. The van der Waals surface area contributed by atoms with Crippen LogP contribution in [0.2, 0.25) is 0 Å². The highest BCUT2D eigenvalue weighted by Gasteiger charge is 2.15. The van der Waals surface area contributed by atoms with E-state index in [0.29, 0.717) is 6.42 Å². The van der Waals surface area contributed by atoms with Crippen molar-refractivity contribution in [2.75, 3.05) is 0 Å². The molecule has 4 heteroatoms. The average molecular weight is 228 g/mol. The molecule has 0 unspecified atom stereocenters. The molecule has 92 valence electrons. The van der Waals surface area contributed by atoms with E-state index in [9.17, 15) is 15.0 Å². The van der Waals surface area contributed by atoms with Gasteiger partial charge in [0.25, 0.3) is 0 Å². The molecule has 0 aromatic carbocycles. The molecule has 1 aliphatic heterocycles. The molecule has 0 aromatic rings. The van der Waals surface area contributed by atoms with E-state index in [1.54, 1.807) is 0 Å². The van der Waals surface area contributed by atoms with E-state index in [4.69, 9.17) is 4.74 Å². The van der Waals surface area contributed by atoms with Gasteiger partial charge in [0.1, 0.15) is 0 Å². The summed E-state index contributed by atoms with van der Waals surface area (Å²) in [6, 6.07) is 0. The molecule has 1 rings (SSSR count). The number of esters is 1. The summed E-state index contributed by atoms with van der Waals surface area (Å²) >= 11 is 0. The molecule has 1 aliphatic rings. The van der Waals surface area contributed by atoms with Crippen LogP contribution in [-0.4, -0.2) is 34.5 Å². The highest BCUT2D eigenvalue weighted by molar-refractivity contribution is 5.82. The van der Waals surface area contributed by atoms with Gasteiger partial charge in [-0.2, -0.15) is 0 Å². The van der Waals surface area contributed by atoms with Gasteiger partial charge in [-0.05, 0) is 32.3 Å². The quantitative estimate of drug-likeness (QED) is 0.611. The van der Waals surface area contributed by atoms with Crippen LogP contribution >= 0.6 is 0 Å². The Morgan fingerprint density at radius 1 is 1.25 bits per heavy atom. The van der Waals surface area contributed by atoms with Crippen LogP contribution < -0.4 is 0 Å². The van der Waals surface area contributed by atoms with Crippen molar-refractivity contribution in [1.29, 1.82) is 0 Å². The molecule has 0 aromatic heterocycles. The first-order chi connectivity index (χ1) is 7.59. The van der Waals surface area contributed by atoms with Crippen LogP contribution in [0, 0.1) is 0 Å². The fraction of sp³-hybridized carbons (Fsp3) is 0.750. The van der Waals surface area contributed by atoms with Gasteiger partial charge in [-0.25, -0.2) is 4.79 Å². The maximum absolute atomic E-state index is 11.3. The predicted octanol–water partition coefficient (Wildman–Crippen LogP) is 1.16. The van der Waals surface area contributed by atoms with Crippen molar-refractivity contribution >= 4 is 5.97 Å². The lowest BCUT2D eigenvalue weighted by Crippen LogP contribution is -2.24. The van der Waals surface area contributed by atoms with Crippen LogP contribution in [0.4, 0.5) is 0 Å². The van der Waals surface area contributed by atoms with Crippen molar-refractivity contribution in [1.82, 2.24) is 0 Å². The summed E-state index contributed by atoms with van der Waals surface area (Å²) in [5, 5.41) is 19.0. The molecule has 0 amide bonds. The zero-order valence-electron chi connectivity index (χ0n) is 9.63. The minimum atomic E-state index is -0.984. The van der Waals surface area contributed by atoms with Crippen LogP contribution in [0.1, 0.15) is 39.0 Å². The summed E-state index contributed by atoms with van der Waals surface area (Å²) in [7, 11) is 0. The summed E-state index contributed by atoms with van der Waals surface area (Å²) in [4.78, 5) is 11.3. The monoisotopic (exact) mass is 228 g/mol. The van der Waals surface area contributed by atoms with Gasteiger partial charge in [0.2, 0.25) is 0 Å². The van der Waals surface area contributed by atoms with Gasteiger partial charge in [-0.3, -0.25) is 0 Å². The maximum atomic E-state index is 11.3. The first-order valence-electron chi connectivity index (χ1n) is 5.84. The zero-order valence-corrected chi connectivity index (χ0v) is 9.63. The van der Waals surface area contributed by atoms with Gasteiger partial charge in [-0.15, -0.1) is 0 Å². The predicted molar refractivity (Wildman–Crippen MR) is 59.8 cm³/mol. The Kier molecular flexibility index (Phi) is 5.49. The Morgan fingerprint density at radius 3 is 2.69 bits per heavy atom. The minimum absolute atomic E-state index is 0.0846. The van der Waals surface area contributed by atoms with Crippen molar-refractivity contribution in [3.8, 4) is 0 Å². The van der Waals surface area contributed by atoms with Crippen molar-refractivity contribution in [2.45, 2.75) is 57.3 Å². The topological polar surface area (TPSA) is 66.8 Å². The molecule has 1 heterocycles. The summed E-state index contributed by atoms with van der Waals surface area (Å²) in [5.74, 6) is -0.459. The Bertz CT molecular complexity index is 249. The fourth-order valence-electron chi connectivity index (χ4n) is 1.73. The number of carbonyl (C=O) groups is 1. The van der Waals surface area contributed by atoms with E-state index in [0.717, 1.165) is 25.7 Å². The smallest absolute Gasteiger partial charge is 0.330 e. The summed E-state index contributed by atoms with van der Waals surface area (Å²) < 4.78 is 5.09. The van der Waals surface area contributed by atoms with E-state index in [-0.39, 0.29) is 6.10 Å². The van der Waals surface area contributed by atoms with Crippen LogP contribution in [0.5, 0.6) is 0 Å². The second kappa shape index (κ2) is 6.66. The Labute approximate surface area is 95.9 Å². The van der Waals surface area contributed by atoms with E-state index < -0.39 is 18.2 Å². The average Bonchev–Trinajstić information content (AvgIpc) is 2.23. The SMILES string of the molecule is C[C@@H]1CCCCC[C@H](O)[C@@H](O)C=CC(=O)O1. The van der Waals surface area contributed by atoms with E-state index >= 15 is 0 Å². The molecule has 0 spiro atoms. The minimum Gasteiger partial charge on any atom is -0.460 e. The Balaban J connectivity index is 2.58. The molecule has 0 saturated carbocycles. The Morgan fingerprint density at radius 2 is 1.94 bits per heavy atom. The normalized spacial score (nSPS) is 33.7. The maximum Gasteiger partial charge on any atom is 0.330 e. The molecule has 16 heavy (non-hydrogen) atoms. The number of aliphatic hydroxyl groups excluding tert-OH is 2. The highest BCUT2D eigenvalue weighted by atomic mass is 16.5. The largest absolute Gasteiger partial charge is 0.460 e. The van der Waals surface area contributed by atoms with Crippen LogP contribution in [0.3, 0.4) is 0 Å². The highest BCUT2D eigenvalue weighted by Crippen LogP contribution is 2.13. The third kappa shape index (κ3) is 4.77. The van der Waals surface area contributed by atoms with E-state index in [1.807, 2.05) is 6.92 Å². The second-order valence-electron chi connectivity index (χ2n) is 4.30. The van der Waals surface area contributed by atoms with E-state index in [2.05, 4.69) is 0 Å². The van der Waals surface area contributed by atoms with Gasteiger partial charge in [-0.1, -0.05) is 12.8 Å². The number of cyclic esters (lactones) is 1. The summed E-state index contributed by atoms with van der Waals surface area (Å²) in [6.07, 6.45) is 4.87. The lowest BCUT2D eigenvalue weighted by Gasteiger charge is -2.16. The lowest BCUT2D eigenvalue weighted by molar-refractivity contribution is -0.142. The van der Waals surface area contributed by atoms with Gasteiger partial charge < -0.3 is 14.9 Å². The number of hydrogen-bond acceptors (Lipinski definition) is 4. The van der Waals surface area contributed by atoms with Crippen molar-refractivity contribution in [3.05, 3.63) is 12.2 Å². The molecule has 2 N–H and O–H groups in total. The standard InChI is InChI=1S/C12H20O4/c1-9-5-3-2-4-6-10(13)11(14)7-8-12(15)16-9/h7-11,13-14H,2-6H2,1H3/t9-,10+,11+/m1/s1. The number of ether oxygens (including phenoxy) is 1. The molecular weight excluding hydrogens is 208 g/mol. The summed E-state index contributed by atoms with van der Waals surface area (Å²) in [6.45, 7) is 1.86. The number of rotatable bonds is 0. The molecule has 0 bridgehead atoms. The fourth-order valence-corrected chi connectivity index (χ4v) is 1.73. The van der Waals surface area contributed by atoms with Gasteiger partial charge in [0, 0.05) is 6.08 Å². The first kappa shape index (κ1) is 13.2. The van der Waals surface area contributed by atoms with Gasteiger partial charge in [0.15, 0.2) is 0 Å². The zero-order chi connectivity index (χ0) is 12.0. The van der Waals surface area contributed by atoms with Gasteiger partial charge in [0.05, 0.1) is 18.3 Å². The van der Waals surface area contributed by atoms with Crippen molar-refractivity contribution in [2.24, 2.45) is 0 Å². The molecular formula is C12H20O4. The van der Waals surface area contributed by atoms with E-state index in [1.165, 1.54) is 12.2 Å². The van der Waals surface area contributed by atoms with Crippen LogP contribution in [0.15, 0.2) is 12.2 Å². The first-order valence-corrected chi connectivity index (χ1v) is 5.84. The third-order valence-electron chi connectivity index (χ3n) is 2.75. The van der Waals surface area contributed by atoms with Crippen molar-refractivity contribution in [3.63, 3.8) is 0 Å².